The summed E-state index contributed by atoms with van der Waals surface area (Å²) >= 11 is 5.97. The van der Waals surface area contributed by atoms with E-state index < -0.39 is 11.7 Å². The van der Waals surface area contributed by atoms with Crippen molar-refractivity contribution >= 4 is 34.3 Å². The number of anilines is 1. The van der Waals surface area contributed by atoms with Gasteiger partial charge in [0.1, 0.15) is 0 Å². The van der Waals surface area contributed by atoms with Gasteiger partial charge in [0, 0.05) is 38.6 Å². The van der Waals surface area contributed by atoms with Crippen LogP contribution < -0.4 is 4.90 Å². The number of alkyl halides is 3. The lowest BCUT2D eigenvalue weighted by molar-refractivity contribution is -0.137. The highest BCUT2D eigenvalue weighted by Crippen LogP contribution is 2.32. The molecule has 4 rings (SSSR count). The molecular weight excluding hydrogens is 343 g/mol. The summed E-state index contributed by atoms with van der Waals surface area (Å²) in [6.07, 6.45) is -1.05. The summed E-state index contributed by atoms with van der Waals surface area (Å²) < 4.78 is 42.4. The molecule has 3 aromatic rings. The number of piperazine rings is 1. The lowest BCUT2D eigenvalue weighted by Crippen LogP contribution is -2.43. The zero-order valence-corrected chi connectivity index (χ0v) is 13.2. The maximum atomic E-state index is 13.0. The predicted molar refractivity (Wildman–Crippen MR) is 85.1 cm³/mol. The summed E-state index contributed by atoms with van der Waals surface area (Å²) in [5, 5.41) is 0. The maximum absolute atomic E-state index is 13.0. The first-order valence-corrected chi connectivity index (χ1v) is 7.77. The van der Waals surface area contributed by atoms with Crippen molar-refractivity contribution in [1.29, 1.82) is 0 Å². The Bertz CT molecular complexity index is 899. The number of aromatic nitrogens is 3. The molecule has 1 aromatic carbocycles. The third-order valence-corrected chi connectivity index (χ3v) is 4.49. The fourth-order valence-corrected chi connectivity index (χ4v) is 3.08. The number of imidazole rings is 1. The summed E-state index contributed by atoms with van der Waals surface area (Å²) in [6.45, 7) is 2.58. The van der Waals surface area contributed by atoms with E-state index in [1.165, 1.54) is 6.07 Å². The van der Waals surface area contributed by atoms with Crippen molar-refractivity contribution in [2.24, 2.45) is 0 Å². The first-order valence-electron chi connectivity index (χ1n) is 7.43. The van der Waals surface area contributed by atoms with Gasteiger partial charge in [-0.15, -0.1) is 0 Å². The number of rotatable bonds is 1. The number of hydrogen-bond donors (Lipinski definition) is 0. The standard InChI is InChI=1S/C15H13ClF3N5/c16-23-7-5-22(6-8-23)14-13-20-3-4-24(13)12-2-1-10(15(17,18)19)9-11(12)21-14/h1-4,9H,5-8H2. The van der Waals surface area contributed by atoms with Crippen LogP contribution in [0, 0.1) is 0 Å². The zero-order chi connectivity index (χ0) is 16.9. The molecule has 0 spiro atoms. The molecule has 0 N–H and O–H groups in total. The first kappa shape index (κ1) is 15.5. The van der Waals surface area contributed by atoms with E-state index in [2.05, 4.69) is 9.97 Å². The molecule has 0 atom stereocenters. The van der Waals surface area contributed by atoms with Crippen LogP contribution in [0.3, 0.4) is 0 Å². The van der Waals surface area contributed by atoms with Gasteiger partial charge in [-0.3, -0.25) is 4.40 Å². The Morgan fingerprint density at radius 2 is 1.83 bits per heavy atom. The molecule has 0 saturated carbocycles. The monoisotopic (exact) mass is 355 g/mol. The Kier molecular flexibility index (Phi) is 3.54. The second kappa shape index (κ2) is 5.49. The van der Waals surface area contributed by atoms with Gasteiger partial charge in [0.15, 0.2) is 11.5 Å². The van der Waals surface area contributed by atoms with Crippen LogP contribution in [0.15, 0.2) is 30.6 Å². The average Bonchev–Trinajstić information content (AvgIpc) is 3.03. The number of hydrogen-bond acceptors (Lipinski definition) is 4. The zero-order valence-electron chi connectivity index (χ0n) is 12.5. The van der Waals surface area contributed by atoms with Crippen LogP contribution in [0.5, 0.6) is 0 Å². The van der Waals surface area contributed by atoms with E-state index in [0.717, 1.165) is 12.1 Å². The van der Waals surface area contributed by atoms with Crippen molar-refractivity contribution in [2.75, 3.05) is 31.1 Å². The molecule has 0 bridgehead atoms. The molecule has 1 aliphatic heterocycles. The van der Waals surface area contributed by atoms with Crippen LogP contribution in [0.25, 0.3) is 16.7 Å². The van der Waals surface area contributed by atoms with Crippen LogP contribution in [-0.4, -0.2) is 45.0 Å². The van der Waals surface area contributed by atoms with Gasteiger partial charge in [0.05, 0.1) is 16.6 Å². The van der Waals surface area contributed by atoms with Gasteiger partial charge in [-0.25, -0.2) is 14.4 Å². The van der Waals surface area contributed by atoms with Crippen molar-refractivity contribution in [2.45, 2.75) is 6.18 Å². The number of benzene rings is 1. The van der Waals surface area contributed by atoms with Gasteiger partial charge in [-0.2, -0.15) is 13.2 Å². The van der Waals surface area contributed by atoms with E-state index in [0.29, 0.717) is 48.7 Å². The van der Waals surface area contributed by atoms with Gasteiger partial charge in [0.25, 0.3) is 0 Å². The summed E-state index contributed by atoms with van der Waals surface area (Å²) in [5.74, 6) is 0.580. The van der Waals surface area contributed by atoms with Crippen molar-refractivity contribution in [3.05, 3.63) is 36.2 Å². The quantitative estimate of drug-likeness (QED) is 0.628. The van der Waals surface area contributed by atoms with Crippen LogP contribution in [0.4, 0.5) is 19.0 Å². The van der Waals surface area contributed by atoms with E-state index in [9.17, 15) is 13.2 Å². The van der Waals surface area contributed by atoms with Crippen molar-refractivity contribution < 1.29 is 13.2 Å². The van der Waals surface area contributed by atoms with Crippen molar-refractivity contribution in [3.8, 4) is 0 Å². The molecule has 5 nitrogen and oxygen atoms in total. The Labute approximate surface area is 140 Å². The number of nitrogens with zero attached hydrogens (tertiary/aromatic N) is 5. The fraction of sp³-hybridized carbons (Fsp3) is 0.333. The molecule has 0 radical (unpaired) electrons. The molecule has 3 heterocycles. The minimum atomic E-state index is -4.40. The molecular formula is C15H13ClF3N5. The van der Waals surface area contributed by atoms with Crippen LogP contribution >= 0.6 is 11.8 Å². The molecule has 0 aliphatic carbocycles. The third-order valence-electron chi connectivity index (χ3n) is 4.15. The van der Waals surface area contributed by atoms with Crippen LogP contribution in [0.2, 0.25) is 0 Å². The molecule has 9 heteroatoms. The number of halogens is 4. The highest BCUT2D eigenvalue weighted by Gasteiger charge is 2.31. The molecule has 1 fully saturated rings. The SMILES string of the molecule is FC(F)(F)c1ccc2c(c1)nc(N1CCN(Cl)CC1)c1nccn12. The molecule has 126 valence electrons. The van der Waals surface area contributed by atoms with E-state index in [-0.39, 0.29) is 0 Å². The molecule has 2 aromatic heterocycles. The third kappa shape index (κ3) is 2.55. The van der Waals surface area contributed by atoms with Crippen molar-refractivity contribution in [3.63, 3.8) is 0 Å². The molecule has 0 unspecified atom stereocenters. The second-order valence-corrected chi connectivity index (χ2v) is 6.13. The second-order valence-electron chi connectivity index (χ2n) is 5.65. The minimum absolute atomic E-state index is 0.290. The van der Waals surface area contributed by atoms with E-state index in [1.54, 1.807) is 21.2 Å². The topological polar surface area (TPSA) is 36.7 Å². The van der Waals surface area contributed by atoms with Crippen LogP contribution in [-0.2, 0) is 6.18 Å². The lowest BCUT2D eigenvalue weighted by Gasteiger charge is -2.31. The van der Waals surface area contributed by atoms with Gasteiger partial charge in [0.2, 0.25) is 0 Å². The van der Waals surface area contributed by atoms with Gasteiger partial charge in [-0.1, -0.05) is 0 Å². The Morgan fingerprint density at radius 1 is 1.08 bits per heavy atom. The summed E-state index contributed by atoms with van der Waals surface area (Å²) in [4.78, 5) is 10.8. The minimum Gasteiger partial charge on any atom is -0.351 e. The van der Waals surface area contributed by atoms with Gasteiger partial charge >= 0.3 is 6.18 Å². The largest absolute Gasteiger partial charge is 0.416 e. The lowest BCUT2D eigenvalue weighted by atomic mass is 10.2. The summed E-state index contributed by atoms with van der Waals surface area (Å²) in [5.41, 5.74) is 0.803. The molecule has 1 aliphatic rings. The molecule has 1 saturated heterocycles. The smallest absolute Gasteiger partial charge is 0.351 e. The van der Waals surface area contributed by atoms with Gasteiger partial charge < -0.3 is 4.90 Å². The fourth-order valence-electron chi connectivity index (χ4n) is 2.93. The normalized spacial score (nSPS) is 17.1. The maximum Gasteiger partial charge on any atom is 0.416 e. The Balaban J connectivity index is 1.90. The van der Waals surface area contributed by atoms with Gasteiger partial charge in [-0.05, 0) is 30.0 Å². The molecule has 0 amide bonds. The number of fused-ring (bicyclic) bond motifs is 3. The highest BCUT2D eigenvalue weighted by molar-refractivity contribution is 6.13. The highest BCUT2D eigenvalue weighted by atomic mass is 35.5. The van der Waals surface area contributed by atoms with Crippen molar-refractivity contribution in [1.82, 2.24) is 18.8 Å². The summed E-state index contributed by atoms with van der Waals surface area (Å²) in [6, 6.07) is 3.58. The summed E-state index contributed by atoms with van der Waals surface area (Å²) in [7, 11) is 0. The van der Waals surface area contributed by atoms with E-state index in [1.807, 2.05) is 4.90 Å². The Hall–Kier alpha value is -2.06. The van der Waals surface area contributed by atoms with Crippen LogP contribution in [0.1, 0.15) is 5.56 Å². The Morgan fingerprint density at radius 3 is 2.54 bits per heavy atom. The molecule has 24 heavy (non-hydrogen) atoms. The van der Waals surface area contributed by atoms with E-state index in [4.69, 9.17) is 11.8 Å². The average molecular weight is 356 g/mol. The van der Waals surface area contributed by atoms with E-state index >= 15 is 0 Å². The predicted octanol–water partition coefficient (Wildman–Crippen LogP) is 3.18. The first-order chi connectivity index (χ1) is 11.4.